The Balaban J connectivity index is 3.03. The summed E-state index contributed by atoms with van der Waals surface area (Å²) in [5, 5.41) is 5.11. The third-order valence-electron chi connectivity index (χ3n) is 3.26. The highest BCUT2D eigenvalue weighted by atomic mass is 32.2. The first kappa shape index (κ1) is 16.8. The number of sulfonamides is 1. The van der Waals surface area contributed by atoms with Gasteiger partial charge in [-0.3, -0.25) is 0 Å². The Morgan fingerprint density at radius 1 is 1.25 bits per heavy atom. The average molecular weight is 299 g/mol. The van der Waals surface area contributed by atoms with Crippen LogP contribution >= 0.6 is 0 Å². The van der Waals surface area contributed by atoms with E-state index in [1.165, 1.54) is 18.6 Å². The van der Waals surface area contributed by atoms with Crippen LogP contribution in [0, 0.1) is 0 Å². The molecule has 0 radical (unpaired) electrons. The lowest BCUT2D eigenvalue weighted by molar-refractivity contribution is 0.597. The molecule has 0 amide bonds. The smallest absolute Gasteiger partial charge is 0.238 e. The monoisotopic (exact) mass is 299 g/mol. The van der Waals surface area contributed by atoms with Gasteiger partial charge in [-0.1, -0.05) is 19.8 Å². The Hall–Kier alpha value is -1.27. The minimum Gasteiger partial charge on any atom is -0.397 e. The molecule has 0 heterocycles. The van der Waals surface area contributed by atoms with E-state index in [-0.39, 0.29) is 4.90 Å². The van der Waals surface area contributed by atoms with Gasteiger partial charge >= 0.3 is 0 Å². The number of benzene rings is 1. The zero-order valence-corrected chi connectivity index (χ0v) is 13.3. The number of nitrogens with zero attached hydrogens (tertiary/aromatic N) is 1. The molecule has 0 spiro atoms. The summed E-state index contributed by atoms with van der Waals surface area (Å²) < 4.78 is 22.6. The molecule has 1 aromatic carbocycles. The molecule has 0 saturated heterocycles. The molecule has 114 valence electrons. The third kappa shape index (κ3) is 4.38. The lowest BCUT2D eigenvalue weighted by atomic mass is 10.1. The lowest BCUT2D eigenvalue weighted by Crippen LogP contribution is -2.32. The predicted octanol–water partition coefficient (Wildman–Crippen LogP) is 2.32. The molecule has 0 atom stereocenters. The second kappa shape index (κ2) is 6.95. The van der Waals surface area contributed by atoms with E-state index in [0.717, 1.165) is 25.1 Å². The maximum Gasteiger partial charge on any atom is 0.238 e. The van der Waals surface area contributed by atoms with Crippen LogP contribution < -0.4 is 15.8 Å². The molecule has 0 aliphatic rings. The number of primary sulfonamides is 1. The molecular formula is C14H25N3O2S. The van der Waals surface area contributed by atoms with Crippen molar-refractivity contribution in [2.75, 3.05) is 17.2 Å². The maximum atomic E-state index is 11.3. The molecule has 20 heavy (non-hydrogen) atoms. The third-order valence-corrected chi connectivity index (χ3v) is 4.17. The predicted molar refractivity (Wildman–Crippen MR) is 84.2 cm³/mol. The van der Waals surface area contributed by atoms with Crippen LogP contribution in [0.1, 0.15) is 40.0 Å². The van der Waals surface area contributed by atoms with Crippen molar-refractivity contribution in [3.63, 3.8) is 0 Å². The molecule has 5 nitrogen and oxygen atoms in total. The lowest BCUT2D eigenvalue weighted by Gasteiger charge is -2.30. The van der Waals surface area contributed by atoms with E-state index in [1.54, 1.807) is 6.07 Å². The summed E-state index contributed by atoms with van der Waals surface area (Å²) in [6.45, 7) is 7.26. The van der Waals surface area contributed by atoms with Gasteiger partial charge in [-0.15, -0.1) is 0 Å². The van der Waals surface area contributed by atoms with Crippen LogP contribution in [0.3, 0.4) is 0 Å². The van der Waals surface area contributed by atoms with E-state index in [0.29, 0.717) is 11.7 Å². The first-order valence-corrected chi connectivity index (χ1v) is 8.51. The molecular weight excluding hydrogens is 274 g/mol. The zero-order chi connectivity index (χ0) is 15.3. The van der Waals surface area contributed by atoms with Crippen molar-refractivity contribution in [2.24, 2.45) is 5.14 Å². The summed E-state index contributed by atoms with van der Waals surface area (Å²) in [7, 11) is -3.71. The standard InChI is InChI=1S/C14H25N3O2S/c1-4-5-6-9-17(11(2)3)14-8-7-12(10-13(14)15)20(16,18)19/h7-8,10-11H,4-6,9,15H2,1-3H3,(H2,16,18,19). The van der Waals surface area contributed by atoms with Crippen LogP contribution in [0.5, 0.6) is 0 Å². The highest BCUT2D eigenvalue weighted by Crippen LogP contribution is 2.27. The number of nitrogen functional groups attached to an aromatic ring is 1. The van der Waals surface area contributed by atoms with Gasteiger partial charge in [-0.05, 0) is 38.5 Å². The minimum absolute atomic E-state index is 0.0519. The minimum atomic E-state index is -3.71. The summed E-state index contributed by atoms with van der Waals surface area (Å²) >= 11 is 0. The molecule has 4 N–H and O–H groups in total. The number of hydrogen-bond acceptors (Lipinski definition) is 4. The first-order chi connectivity index (χ1) is 9.27. The van der Waals surface area contributed by atoms with Crippen LogP contribution in [0.25, 0.3) is 0 Å². The molecule has 0 aliphatic heterocycles. The fraction of sp³-hybridized carbons (Fsp3) is 0.571. The normalized spacial score (nSPS) is 11.8. The van der Waals surface area contributed by atoms with Crippen molar-refractivity contribution in [2.45, 2.75) is 51.0 Å². The molecule has 0 saturated carbocycles. The van der Waals surface area contributed by atoms with Gasteiger partial charge in [0.2, 0.25) is 10.0 Å². The van der Waals surface area contributed by atoms with Gasteiger partial charge in [-0.2, -0.15) is 0 Å². The van der Waals surface area contributed by atoms with E-state index in [1.807, 2.05) is 0 Å². The first-order valence-electron chi connectivity index (χ1n) is 6.96. The molecule has 0 unspecified atom stereocenters. The van der Waals surface area contributed by atoms with Crippen molar-refractivity contribution in [1.82, 2.24) is 0 Å². The van der Waals surface area contributed by atoms with E-state index in [4.69, 9.17) is 10.9 Å². The van der Waals surface area contributed by atoms with Crippen molar-refractivity contribution >= 4 is 21.4 Å². The summed E-state index contributed by atoms with van der Waals surface area (Å²) in [6.07, 6.45) is 3.41. The summed E-state index contributed by atoms with van der Waals surface area (Å²) in [4.78, 5) is 2.24. The van der Waals surface area contributed by atoms with Gasteiger partial charge in [0.15, 0.2) is 0 Å². The number of nitrogens with two attached hydrogens (primary N) is 2. The number of hydrogen-bond donors (Lipinski definition) is 2. The number of unbranched alkanes of at least 4 members (excludes halogenated alkanes) is 2. The summed E-state index contributed by atoms with van der Waals surface area (Å²) in [6, 6.07) is 4.98. The van der Waals surface area contributed by atoms with Crippen LogP contribution in [-0.2, 0) is 10.0 Å². The fourth-order valence-corrected chi connectivity index (χ4v) is 2.71. The second-order valence-corrected chi connectivity index (χ2v) is 6.82. The van der Waals surface area contributed by atoms with Crippen molar-refractivity contribution < 1.29 is 8.42 Å². The van der Waals surface area contributed by atoms with Gasteiger partial charge in [0, 0.05) is 12.6 Å². The Labute approximate surface area is 122 Å². The van der Waals surface area contributed by atoms with Gasteiger partial charge in [0.25, 0.3) is 0 Å². The topological polar surface area (TPSA) is 89.4 Å². The van der Waals surface area contributed by atoms with Gasteiger partial charge in [0.1, 0.15) is 0 Å². The van der Waals surface area contributed by atoms with E-state index in [9.17, 15) is 8.42 Å². The molecule has 0 fully saturated rings. The van der Waals surface area contributed by atoms with E-state index < -0.39 is 10.0 Å². The highest BCUT2D eigenvalue weighted by Gasteiger charge is 2.16. The van der Waals surface area contributed by atoms with Crippen LogP contribution in [0.4, 0.5) is 11.4 Å². The highest BCUT2D eigenvalue weighted by molar-refractivity contribution is 7.89. The Morgan fingerprint density at radius 2 is 1.90 bits per heavy atom. The van der Waals surface area contributed by atoms with Crippen LogP contribution in [-0.4, -0.2) is 21.0 Å². The Kier molecular flexibility index (Phi) is 5.83. The quantitative estimate of drug-likeness (QED) is 0.597. The van der Waals surface area contributed by atoms with Crippen molar-refractivity contribution in [3.8, 4) is 0 Å². The van der Waals surface area contributed by atoms with Crippen LogP contribution in [0.15, 0.2) is 23.1 Å². The molecule has 6 heteroatoms. The van der Waals surface area contributed by atoms with Gasteiger partial charge in [0.05, 0.1) is 16.3 Å². The SMILES string of the molecule is CCCCCN(c1ccc(S(N)(=O)=O)cc1N)C(C)C. The molecule has 0 aromatic heterocycles. The maximum absolute atomic E-state index is 11.3. The van der Waals surface area contributed by atoms with Crippen molar-refractivity contribution in [1.29, 1.82) is 0 Å². The van der Waals surface area contributed by atoms with Crippen LogP contribution in [0.2, 0.25) is 0 Å². The average Bonchev–Trinajstić information content (AvgIpc) is 2.34. The molecule has 1 aromatic rings. The Morgan fingerprint density at radius 3 is 2.35 bits per heavy atom. The number of rotatable bonds is 7. The zero-order valence-electron chi connectivity index (χ0n) is 12.5. The summed E-state index contributed by atoms with van der Waals surface area (Å²) in [5.41, 5.74) is 7.31. The van der Waals surface area contributed by atoms with E-state index in [2.05, 4.69) is 25.7 Å². The van der Waals surface area contributed by atoms with Gasteiger partial charge < -0.3 is 10.6 Å². The summed E-state index contributed by atoms with van der Waals surface area (Å²) in [5.74, 6) is 0. The Bertz CT molecular complexity index is 541. The number of anilines is 2. The molecule has 0 aliphatic carbocycles. The fourth-order valence-electron chi connectivity index (χ4n) is 2.16. The van der Waals surface area contributed by atoms with Gasteiger partial charge in [-0.25, -0.2) is 13.6 Å². The van der Waals surface area contributed by atoms with Crippen molar-refractivity contribution in [3.05, 3.63) is 18.2 Å². The molecule has 0 bridgehead atoms. The molecule has 1 rings (SSSR count). The largest absolute Gasteiger partial charge is 0.397 e. The van der Waals surface area contributed by atoms with E-state index >= 15 is 0 Å². The second-order valence-electron chi connectivity index (χ2n) is 5.26.